The summed E-state index contributed by atoms with van der Waals surface area (Å²) in [6, 6.07) is 2.50. The normalized spacial score (nSPS) is 19.6. The lowest BCUT2D eigenvalue weighted by atomic mass is 10.0. The molecule has 0 radical (unpaired) electrons. The molecule has 2 atom stereocenters. The maximum absolute atomic E-state index is 12.9. The molecule has 0 aliphatic carbocycles. The number of rotatable bonds is 7. The maximum atomic E-state index is 12.9. The quantitative estimate of drug-likeness (QED) is 0.0959. The zero-order valence-electron chi connectivity index (χ0n) is 18.0. The van der Waals surface area contributed by atoms with E-state index in [2.05, 4.69) is 30.0 Å². The first-order chi connectivity index (χ1) is 17.4. The number of hydrogen-bond acceptors (Lipinski definition) is 13. The first kappa shape index (κ1) is 23.4. The number of anilines is 1. The van der Waals surface area contributed by atoms with Crippen LogP contribution in [-0.2, 0) is 20.9 Å². The molecule has 1 fully saturated rings. The highest BCUT2D eigenvalue weighted by molar-refractivity contribution is 8.00. The molecular weight excluding hydrogens is 514 g/mol. The van der Waals surface area contributed by atoms with Crippen molar-refractivity contribution in [3.63, 3.8) is 0 Å². The fourth-order valence-corrected chi connectivity index (χ4v) is 5.57. The molecule has 5 rings (SSSR count). The number of amides is 2. The predicted octanol–water partition coefficient (Wildman–Crippen LogP) is -0.925. The number of pyridine rings is 1. The van der Waals surface area contributed by atoms with Crippen molar-refractivity contribution >= 4 is 51.9 Å². The van der Waals surface area contributed by atoms with Crippen LogP contribution in [-0.4, -0.2) is 75.4 Å². The summed E-state index contributed by atoms with van der Waals surface area (Å²) in [4.78, 5) is 46.6. The average molecular weight is 531 g/mol. The van der Waals surface area contributed by atoms with Gasteiger partial charge in [-0.25, -0.2) is 9.36 Å². The Balaban J connectivity index is 1.34. The highest BCUT2D eigenvalue weighted by atomic mass is 32.2. The van der Waals surface area contributed by atoms with Crippen LogP contribution in [0.3, 0.4) is 0 Å². The van der Waals surface area contributed by atoms with Gasteiger partial charge in [0.2, 0.25) is 11.5 Å². The number of carboxylic acids is 1. The van der Waals surface area contributed by atoms with E-state index in [0.717, 1.165) is 16.4 Å². The number of nitrogens with zero attached hydrogens (tertiary/aromatic N) is 7. The third-order valence-corrected chi connectivity index (χ3v) is 7.23. The monoisotopic (exact) mass is 530 g/mol. The zero-order valence-corrected chi connectivity index (χ0v) is 19.6. The molecule has 5 heterocycles. The second-order valence-corrected chi connectivity index (χ2v) is 9.42. The Kier molecular flexibility index (Phi) is 6.06. The summed E-state index contributed by atoms with van der Waals surface area (Å²) in [6.45, 7) is 0.197. The fourth-order valence-electron chi connectivity index (χ4n) is 3.81. The van der Waals surface area contributed by atoms with E-state index in [1.54, 1.807) is 29.1 Å². The minimum absolute atomic E-state index is 0.0666. The second-order valence-electron chi connectivity index (χ2n) is 7.53. The highest BCUT2D eigenvalue weighted by Crippen LogP contribution is 2.40. The van der Waals surface area contributed by atoms with Crippen molar-refractivity contribution in [3.05, 3.63) is 47.9 Å². The maximum Gasteiger partial charge on any atom is 0.352 e. The molecular formula is C19H16N9O6S2+. The summed E-state index contributed by atoms with van der Waals surface area (Å²) in [5, 5.41) is 27.5. The van der Waals surface area contributed by atoms with Gasteiger partial charge in [0.15, 0.2) is 30.4 Å². The summed E-state index contributed by atoms with van der Waals surface area (Å²) in [5.74, 6) is -2.34. The fraction of sp³-hybridized carbons (Fsp3) is 0.211. The van der Waals surface area contributed by atoms with Crippen LogP contribution in [0.25, 0.3) is 11.5 Å². The molecule has 15 nitrogen and oxygen atoms in total. The smallest absolute Gasteiger partial charge is 0.352 e. The Labute approximate surface area is 209 Å². The molecule has 36 heavy (non-hydrogen) atoms. The van der Waals surface area contributed by atoms with Crippen molar-refractivity contribution in [2.75, 3.05) is 11.5 Å². The number of aliphatic carboxylic acids is 1. The first-order valence-corrected chi connectivity index (χ1v) is 12.0. The third-order valence-electron chi connectivity index (χ3n) is 5.34. The minimum Gasteiger partial charge on any atom is -0.477 e. The number of fused-ring (bicyclic) bond motifs is 1. The molecule has 0 bridgehead atoms. The van der Waals surface area contributed by atoms with Gasteiger partial charge in [0, 0.05) is 28.9 Å². The van der Waals surface area contributed by atoms with Gasteiger partial charge in [0.05, 0.1) is 0 Å². The Hall–Kier alpha value is -4.38. The van der Waals surface area contributed by atoms with E-state index in [1.807, 2.05) is 0 Å². The van der Waals surface area contributed by atoms with Crippen LogP contribution < -0.4 is 15.6 Å². The van der Waals surface area contributed by atoms with E-state index in [-0.39, 0.29) is 23.2 Å². The Morgan fingerprint density at radius 1 is 1.42 bits per heavy atom. The number of nitrogen functional groups attached to an aromatic ring is 1. The van der Waals surface area contributed by atoms with Crippen molar-refractivity contribution in [2.24, 2.45) is 5.16 Å². The largest absolute Gasteiger partial charge is 0.477 e. The SMILES string of the molecule is Nc1nc(C(=NO)C(=O)N[C@@H]2C(=O)N3C(C(=O)O)=C(C[n+]4cccc(-c5ncno5)c4)CS[C@@H]23)ns1. The van der Waals surface area contributed by atoms with Gasteiger partial charge in [-0.1, -0.05) is 10.3 Å². The number of hydrogen-bond donors (Lipinski definition) is 4. The van der Waals surface area contributed by atoms with E-state index in [1.165, 1.54) is 18.1 Å². The van der Waals surface area contributed by atoms with E-state index in [0.29, 0.717) is 22.8 Å². The van der Waals surface area contributed by atoms with Crippen LogP contribution in [0.2, 0.25) is 0 Å². The van der Waals surface area contributed by atoms with Crippen molar-refractivity contribution in [1.29, 1.82) is 0 Å². The lowest BCUT2D eigenvalue weighted by Gasteiger charge is -2.49. The van der Waals surface area contributed by atoms with Gasteiger partial charge in [0.25, 0.3) is 17.7 Å². The minimum atomic E-state index is -1.26. The summed E-state index contributed by atoms with van der Waals surface area (Å²) < 4.78 is 10.6. The number of carboxylic acid groups (broad SMARTS) is 1. The number of carbonyl (C=O) groups is 3. The lowest BCUT2D eigenvalue weighted by molar-refractivity contribution is -0.688. The van der Waals surface area contributed by atoms with Gasteiger partial charge in [0.1, 0.15) is 22.7 Å². The third kappa shape index (κ3) is 4.13. The molecule has 2 aliphatic heterocycles. The molecule has 0 spiro atoms. The van der Waals surface area contributed by atoms with Crippen molar-refractivity contribution in [1.82, 2.24) is 29.7 Å². The molecule has 0 aromatic carbocycles. The number of β-lactam (4-membered cyclic amide) rings is 1. The zero-order chi connectivity index (χ0) is 25.4. The van der Waals surface area contributed by atoms with E-state index < -0.39 is 34.9 Å². The van der Waals surface area contributed by atoms with Gasteiger partial charge < -0.3 is 25.9 Å². The Morgan fingerprint density at radius 3 is 2.92 bits per heavy atom. The predicted molar refractivity (Wildman–Crippen MR) is 122 cm³/mol. The molecule has 0 saturated carbocycles. The molecule has 0 unspecified atom stereocenters. The summed E-state index contributed by atoms with van der Waals surface area (Å²) in [6.07, 6.45) is 4.75. The molecule has 2 aliphatic rings. The topological polar surface area (TPSA) is 214 Å². The van der Waals surface area contributed by atoms with Gasteiger partial charge in [-0.15, -0.1) is 11.8 Å². The number of oxime groups is 1. The van der Waals surface area contributed by atoms with Crippen LogP contribution in [0, 0.1) is 0 Å². The average Bonchev–Trinajstić information content (AvgIpc) is 3.55. The summed E-state index contributed by atoms with van der Waals surface area (Å²) >= 11 is 2.11. The second kappa shape index (κ2) is 9.34. The lowest BCUT2D eigenvalue weighted by Crippen LogP contribution is -2.71. The first-order valence-electron chi connectivity index (χ1n) is 10.2. The van der Waals surface area contributed by atoms with Crippen molar-refractivity contribution in [2.45, 2.75) is 18.0 Å². The van der Waals surface area contributed by atoms with E-state index in [4.69, 9.17) is 10.3 Å². The number of carbonyl (C=O) groups excluding carboxylic acids is 2. The van der Waals surface area contributed by atoms with E-state index in [9.17, 15) is 24.7 Å². The summed E-state index contributed by atoms with van der Waals surface area (Å²) in [7, 11) is 0. The number of aromatic nitrogens is 5. The van der Waals surface area contributed by atoms with Gasteiger partial charge >= 0.3 is 5.97 Å². The van der Waals surface area contributed by atoms with Crippen LogP contribution in [0.1, 0.15) is 5.82 Å². The molecule has 2 amide bonds. The molecule has 5 N–H and O–H groups in total. The van der Waals surface area contributed by atoms with Gasteiger partial charge in [-0.3, -0.25) is 14.5 Å². The standard InChI is InChI=1S/C19H15N9O6S2/c20-19-24-13(26-36-19)10(25-33)14(29)23-11-16(30)28-12(18(31)32)9(6-35-17(11)28)5-27-3-1-2-8(4-27)15-21-7-22-34-15/h1-4,7,11,17H,5-6H2,(H4-,20,23,24,26,29,31,32,33)/p+1/t11-,17+/m1/s1. The Bertz CT molecular complexity index is 1420. The number of nitrogens with one attached hydrogen (secondary N) is 1. The highest BCUT2D eigenvalue weighted by Gasteiger charge is 2.54. The van der Waals surface area contributed by atoms with Crippen molar-refractivity contribution in [3.8, 4) is 11.5 Å². The van der Waals surface area contributed by atoms with Gasteiger partial charge in [-0.2, -0.15) is 14.3 Å². The van der Waals surface area contributed by atoms with Crippen molar-refractivity contribution < 1.29 is 33.8 Å². The summed E-state index contributed by atoms with van der Waals surface area (Å²) in [5.41, 5.74) is 6.00. The van der Waals surface area contributed by atoms with Crippen LogP contribution in [0.5, 0.6) is 0 Å². The molecule has 3 aromatic rings. The molecule has 184 valence electrons. The van der Waals surface area contributed by atoms with Gasteiger partial charge in [-0.05, 0) is 6.07 Å². The van der Waals surface area contributed by atoms with Crippen LogP contribution in [0.15, 0.2) is 51.8 Å². The van der Waals surface area contributed by atoms with Crippen LogP contribution >= 0.6 is 23.3 Å². The number of nitrogens with two attached hydrogens (primary N) is 1. The molecule has 17 heteroatoms. The number of thioether (sulfide) groups is 1. The van der Waals surface area contributed by atoms with Crippen LogP contribution in [0.4, 0.5) is 5.13 Å². The molecule has 1 saturated heterocycles. The van der Waals surface area contributed by atoms with E-state index >= 15 is 0 Å². The molecule has 3 aromatic heterocycles. The Morgan fingerprint density at radius 2 is 2.25 bits per heavy atom.